The fourth-order valence-electron chi connectivity index (χ4n) is 3.06. The van der Waals surface area contributed by atoms with Crippen LogP contribution in [0.15, 0.2) is 6.07 Å². The lowest BCUT2D eigenvalue weighted by molar-refractivity contribution is 0.235. The fraction of sp³-hybridized carbons (Fsp3) is 0.643. The van der Waals surface area contributed by atoms with Crippen LogP contribution in [0.4, 0.5) is 0 Å². The second-order valence-electron chi connectivity index (χ2n) is 6.00. The van der Waals surface area contributed by atoms with E-state index in [0.29, 0.717) is 0 Å². The van der Waals surface area contributed by atoms with Gasteiger partial charge in [-0.3, -0.25) is 4.40 Å². The van der Waals surface area contributed by atoms with Gasteiger partial charge in [-0.05, 0) is 45.4 Å². The van der Waals surface area contributed by atoms with Gasteiger partial charge in [-0.1, -0.05) is 6.92 Å². The molecule has 0 aromatic carbocycles. The Kier molecular flexibility index (Phi) is 2.82. The first-order valence-corrected chi connectivity index (χ1v) is 6.98. The van der Waals surface area contributed by atoms with Crippen molar-refractivity contribution in [3.63, 3.8) is 0 Å². The van der Waals surface area contributed by atoms with Gasteiger partial charge >= 0.3 is 0 Å². The summed E-state index contributed by atoms with van der Waals surface area (Å²) in [5.74, 6) is 2.55. The minimum Gasteiger partial charge on any atom is -0.319 e. The van der Waals surface area contributed by atoms with Crippen LogP contribution in [0.2, 0.25) is 0 Å². The molecule has 5 heteroatoms. The molecule has 1 aliphatic carbocycles. The summed E-state index contributed by atoms with van der Waals surface area (Å²) < 4.78 is 2.02. The molecule has 19 heavy (non-hydrogen) atoms. The van der Waals surface area contributed by atoms with E-state index >= 15 is 0 Å². The molecule has 0 saturated heterocycles. The summed E-state index contributed by atoms with van der Waals surface area (Å²) in [5.41, 5.74) is 8.07. The molecule has 2 heterocycles. The van der Waals surface area contributed by atoms with E-state index in [0.717, 1.165) is 54.6 Å². The van der Waals surface area contributed by atoms with Crippen LogP contribution in [-0.2, 0) is 5.54 Å². The van der Waals surface area contributed by atoms with Gasteiger partial charge in [0.2, 0.25) is 0 Å². The number of fused-ring (bicyclic) bond motifs is 1. The van der Waals surface area contributed by atoms with Crippen LogP contribution < -0.4 is 5.73 Å². The van der Waals surface area contributed by atoms with Crippen LogP contribution in [0.25, 0.3) is 5.65 Å². The molecule has 2 aromatic heterocycles. The van der Waals surface area contributed by atoms with Gasteiger partial charge in [-0.25, -0.2) is 4.98 Å². The lowest BCUT2D eigenvalue weighted by Gasteiger charge is -2.34. The average Bonchev–Trinajstić information content (AvgIpc) is 2.78. The van der Waals surface area contributed by atoms with Gasteiger partial charge in [0.25, 0.3) is 0 Å². The monoisotopic (exact) mass is 259 g/mol. The number of hydrogen-bond acceptors (Lipinski definition) is 4. The number of hydrogen-bond donors (Lipinski definition) is 1. The predicted molar refractivity (Wildman–Crippen MR) is 73.8 cm³/mol. The maximum atomic E-state index is 6.61. The lowest BCUT2D eigenvalue weighted by atomic mass is 9.77. The first-order valence-electron chi connectivity index (χ1n) is 6.98. The van der Waals surface area contributed by atoms with Crippen molar-refractivity contribution < 1.29 is 0 Å². The Morgan fingerprint density at radius 1 is 1.26 bits per heavy atom. The zero-order valence-electron chi connectivity index (χ0n) is 11.8. The van der Waals surface area contributed by atoms with Crippen LogP contribution in [-0.4, -0.2) is 19.6 Å². The zero-order valence-corrected chi connectivity index (χ0v) is 11.8. The highest BCUT2D eigenvalue weighted by atomic mass is 15.3. The number of rotatable bonds is 1. The molecule has 0 atom stereocenters. The molecule has 0 amide bonds. The summed E-state index contributed by atoms with van der Waals surface area (Å²) in [6.07, 6.45) is 4.26. The predicted octanol–water partition coefficient (Wildman–Crippen LogP) is 2.11. The Morgan fingerprint density at radius 3 is 2.63 bits per heavy atom. The van der Waals surface area contributed by atoms with E-state index in [1.807, 2.05) is 24.3 Å². The molecule has 0 aliphatic heterocycles. The van der Waals surface area contributed by atoms with Crippen LogP contribution in [0.3, 0.4) is 0 Å². The van der Waals surface area contributed by atoms with E-state index in [2.05, 4.69) is 22.1 Å². The van der Waals surface area contributed by atoms with Crippen molar-refractivity contribution in [1.29, 1.82) is 0 Å². The summed E-state index contributed by atoms with van der Waals surface area (Å²) in [5, 5.41) is 8.64. The number of aromatic nitrogens is 4. The van der Waals surface area contributed by atoms with Gasteiger partial charge < -0.3 is 5.73 Å². The Morgan fingerprint density at radius 2 is 1.95 bits per heavy atom. The summed E-state index contributed by atoms with van der Waals surface area (Å²) in [6, 6.07) is 1.96. The highest BCUT2D eigenvalue weighted by Gasteiger charge is 2.36. The number of nitrogens with zero attached hydrogens (tertiary/aromatic N) is 4. The molecule has 0 spiro atoms. The lowest BCUT2D eigenvalue weighted by Crippen LogP contribution is -2.42. The van der Waals surface area contributed by atoms with E-state index in [1.165, 1.54) is 0 Å². The third-order valence-electron chi connectivity index (χ3n) is 4.30. The molecule has 0 radical (unpaired) electrons. The third kappa shape index (κ3) is 2.02. The largest absolute Gasteiger partial charge is 0.319 e. The van der Waals surface area contributed by atoms with E-state index < -0.39 is 0 Å². The molecule has 2 aromatic rings. The highest BCUT2D eigenvalue weighted by Crippen LogP contribution is 2.36. The quantitative estimate of drug-likeness (QED) is 0.851. The normalized spacial score (nSPS) is 27.9. The number of nitrogens with two attached hydrogens (primary N) is 1. The van der Waals surface area contributed by atoms with Crippen LogP contribution >= 0.6 is 0 Å². The summed E-state index contributed by atoms with van der Waals surface area (Å²) in [4.78, 5) is 4.50. The van der Waals surface area contributed by atoms with Gasteiger partial charge in [-0.15, -0.1) is 10.2 Å². The Bertz CT molecular complexity index is 608. The van der Waals surface area contributed by atoms with E-state index in [9.17, 15) is 0 Å². The third-order valence-corrected chi connectivity index (χ3v) is 4.30. The van der Waals surface area contributed by atoms with Gasteiger partial charge in [-0.2, -0.15) is 0 Å². The van der Waals surface area contributed by atoms with Crippen molar-refractivity contribution in [2.75, 3.05) is 0 Å². The van der Waals surface area contributed by atoms with Gasteiger partial charge in [0.1, 0.15) is 5.82 Å². The van der Waals surface area contributed by atoms with Gasteiger partial charge in [0.15, 0.2) is 11.5 Å². The fourth-order valence-corrected chi connectivity index (χ4v) is 3.06. The van der Waals surface area contributed by atoms with Gasteiger partial charge in [0.05, 0.1) is 5.54 Å². The van der Waals surface area contributed by atoms with Crippen LogP contribution in [0, 0.1) is 19.8 Å². The van der Waals surface area contributed by atoms with E-state index in [1.54, 1.807) is 0 Å². The molecule has 1 saturated carbocycles. The summed E-state index contributed by atoms with van der Waals surface area (Å²) in [7, 11) is 0. The second-order valence-corrected chi connectivity index (χ2v) is 6.00. The van der Waals surface area contributed by atoms with Crippen LogP contribution in [0.1, 0.15) is 49.9 Å². The molecule has 5 nitrogen and oxygen atoms in total. The number of aryl methyl sites for hydroxylation is 2. The Balaban J connectivity index is 2.10. The van der Waals surface area contributed by atoms with Crippen molar-refractivity contribution in [2.24, 2.45) is 11.7 Å². The molecular formula is C14H21N5. The SMILES string of the molecule is Cc1cc2nnc(C3(N)CCC(C)CC3)n2c(C)n1. The van der Waals surface area contributed by atoms with Crippen LogP contribution in [0.5, 0.6) is 0 Å². The van der Waals surface area contributed by atoms with E-state index in [-0.39, 0.29) is 5.54 Å². The van der Waals surface area contributed by atoms with E-state index in [4.69, 9.17) is 5.73 Å². The molecule has 102 valence electrons. The molecule has 1 aliphatic rings. The minimum atomic E-state index is -0.354. The first kappa shape index (κ1) is 12.5. The topological polar surface area (TPSA) is 69.1 Å². The van der Waals surface area contributed by atoms with Crippen molar-refractivity contribution >= 4 is 5.65 Å². The van der Waals surface area contributed by atoms with Crippen molar-refractivity contribution in [1.82, 2.24) is 19.6 Å². The molecular weight excluding hydrogens is 238 g/mol. The zero-order chi connectivity index (χ0) is 13.6. The van der Waals surface area contributed by atoms with Crippen molar-refractivity contribution in [3.05, 3.63) is 23.4 Å². The molecule has 2 N–H and O–H groups in total. The first-order chi connectivity index (χ1) is 8.99. The maximum absolute atomic E-state index is 6.61. The molecule has 0 unspecified atom stereocenters. The molecule has 1 fully saturated rings. The highest BCUT2D eigenvalue weighted by molar-refractivity contribution is 5.41. The smallest absolute Gasteiger partial charge is 0.164 e. The maximum Gasteiger partial charge on any atom is 0.164 e. The van der Waals surface area contributed by atoms with Crippen molar-refractivity contribution in [2.45, 2.75) is 52.0 Å². The Hall–Kier alpha value is -1.49. The molecule has 0 bridgehead atoms. The summed E-state index contributed by atoms with van der Waals surface area (Å²) >= 11 is 0. The minimum absolute atomic E-state index is 0.354. The Labute approximate surface area is 113 Å². The standard InChI is InChI=1S/C14H21N5/c1-9-4-6-14(15,7-5-9)13-18-17-12-8-10(2)16-11(3)19(12)13/h8-9H,4-7,15H2,1-3H3. The van der Waals surface area contributed by atoms with Gasteiger partial charge in [0, 0.05) is 11.8 Å². The van der Waals surface area contributed by atoms with Crippen molar-refractivity contribution in [3.8, 4) is 0 Å². The molecule has 3 rings (SSSR count). The average molecular weight is 259 g/mol. The second kappa shape index (κ2) is 4.27. The summed E-state index contributed by atoms with van der Waals surface area (Å²) in [6.45, 7) is 6.25.